The fourth-order valence-corrected chi connectivity index (χ4v) is 4.06. The highest BCUT2D eigenvalue weighted by molar-refractivity contribution is 5.26. The van der Waals surface area contributed by atoms with Gasteiger partial charge in [-0.15, -0.1) is 0 Å². The van der Waals surface area contributed by atoms with Gasteiger partial charge < -0.3 is 5.73 Å². The van der Waals surface area contributed by atoms with E-state index in [1.165, 1.54) is 19.3 Å². The molecule has 0 aromatic heterocycles. The van der Waals surface area contributed by atoms with Crippen molar-refractivity contribution in [3.8, 4) is 0 Å². The van der Waals surface area contributed by atoms with E-state index in [0.717, 1.165) is 23.2 Å². The molecule has 0 heterocycles. The number of nitrogens with two attached hydrogens (primary N) is 1. The normalized spacial score (nSPS) is 69.0. The Bertz CT molecular complexity index is 189. The molecule has 0 aliphatic heterocycles. The molecule has 0 saturated heterocycles. The lowest BCUT2D eigenvalue weighted by molar-refractivity contribution is 0.463. The van der Waals surface area contributed by atoms with Gasteiger partial charge in [0.2, 0.25) is 0 Å². The molecule has 4 bridgehead atoms. The number of hydrogen-bond donors (Lipinski definition) is 1. The summed E-state index contributed by atoms with van der Waals surface area (Å²) in [5, 5.41) is 0. The summed E-state index contributed by atoms with van der Waals surface area (Å²) in [5.74, 6) is 2.95. The Labute approximate surface area is 62.0 Å². The van der Waals surface area contributed by atoms with Crippen molar-refractivity contribution in [1.82, 2.24) is 0 Å². The second-order valence-electron chi connectivity index (χ2n) is 4.50. The summed E-state index contributed by atoms with van der Waals surface area (Å²) >= 11 is 0. The highest BCUT2D eigenvalue weighted by Gasteiger charge is 2.76. The van der Waals surface area contributed by atoms with Crippen LogP contribution in [-0.2, 0) is 0 Å². The zero-order chi connectivity index (χ0) is 6.93. The average molecular weight is 137 g/mol. The first kappa shape index (κ1) is 5.59. The molecule has 0 aromatic carbocycles. The van der Waals surface area contributed by atoms with Gasteiger partial charge in [-0.25, -0.2) is 0 Å². The van der Waals surface area contributed by atoms with Crippen molar-refractivity contribution in [2.75, 3.05) is 0 Å². The van der Waals surface area contributed by atoms with Crippen molar-refractivity contribution in [2.45, 2.75) is 32.2 Å². The Morgan fingerprint density at radius 3 is 2.60 bits per heavy atom. The monoisotopic (exact) mass is 137 g/mol. The molecular weight excluding hydrogens is 122 g/mol. The Hall–Kier alpha value is -0.0400. The molecule has 4 fully saturated rings. The third-order valence-electron chi connectivity index (χ3n) is 4.54. The van der Waals surface area contributed by atoms with Crippen molar-refractivity contribution in [3.05, 3.63) is 0 Å². The lowest BCUT2D eigenvalue weighted by Crippen LogP contribution is -2.23. The van der Waals surface area contributed by atoms with Crippen LogP contribution in [0.5, 0.6) is 0 Å². The van der Waals surface area contributed by atoms with Crippen LogP contribution >= 0.6 is 0 Å². The first-order chi connectivity index (χ1) is 4.79. The molecule has 1 heteroatoms. The fourth-order valence-electron chi connectivity index (χ4n) is 4.06. The van der Waals surface area contributed by atoms with E-state index in [1.54, 1.807) is 0 Å². The van der Waals surface area contributed by atoms with Crippen molar-refractivity contribution >= 4 is 0 Å². The minimum absolute atomic E-state index is 0.602. The van der Waals surface area contributed by atoms with E-state index in [4.69, 9.17) is 5.73 Å². The van der Waals surface area contributed by atoms with Crippen LogP contribution in [0.1, 0.15) is 26.2 Å². The predicted molar refractivity (Wildman–Crippen MR) is 40.4 cm³/mol. The summed E-state index contributed by atoms with van der Waals surface area (Å²) in [7, 11) is 0. The molecule has 1 nitrogen and oxygen atoms in total. The average Bonchev–Trinajstić information content (AvgIpc) is 2.36. The number of rotatable bonds is 1. The minimum Gasteiger partial charge on any atom is -0.327 e. The van der Waals surface area contributed by atoms with Gasteiger partial charge in [-0.3, -0.25) is 0 Å². The van der Waals surface area contributed by atoms with Crippen LogP contribution in [-0.4, -0.2) is 6.04 Å². The maximum absolute atomic E-state index is 6.07. The van der Waals surface area contributed by atoms with Crippen LogP contribution in [0.25, 0.3) is 0 Å². The predicted octanol–water partition coefficient (Wildman–Crippen LogP) is 1.38. The Kier molecular flexibility index (Phi) is 0.722. The maximum Gasteiger partial charge on any atom is 0.0104 e. The van der Waals surface area contributed by atoms with Crippen LogP contribution in [0.15, 0.2) is 0 Å². The van der Waals surface area contributed by atoms with Gasteiger partial charge in [0.05, 0.1) is 0 Å². The van der Waals surface area contributed by atoms with Crippen LogP contribution < -0.4 is 5.73 Å². The summed E-state index contributed by atoms with van der Waals surface area (Å²) in [4.78, 5) is 0. The van der Waals surface area contributed by atoms with E-state index < -0.39 is 0 Å². The zero-order valence-electron chi connectivity index (χ0n) is 6.51. The highest BCUT2D eigenvalue weighted by atomic mass is 14.9. The zero-order valence-corrected chi connectivity index (χ0v) is 6.51. The van der Waals surface area contributed by atoms with Gasteiger partial charge in [0.1, 0.15) is 0 Å². The summed E-state index contributed by atoms with van der Waals surface area (Å²) in [6, 6.07) is 0.602. The second kappa shape index (κ2) is 1.29. The van der Waals surface area contributed by atoms with Gasteiger partial charge in [-0.05, 0) is 42.4 Å². The van der Waals surface area contributed by atoms with E-state index >= 15 is 0 Å². The molecule has 0 aromatic rings. The second-order valence-corrected chi connectivity index (χ2v) is 4.50. The molecule has 4 aliphatic carbocycles. The summed E-state index contributed by atoms with van der Waals surface area (Å²) in [6.45, 7) is 2.34. The molecule has 4 aliphatic rings. The van der Waals surface area contributed by atoms with E-state index in [2.05, 4.69) is 6.92 Å². The molecule has 10 heavy (non-hydrogen) atoms. The Morgan fingerprint density at radius 2 is 2.40 bits per heavy atom. The van der Waals surface area contributed by atoms with Gasteiger partial charge in [0.25, 0.3) is 0 Å². The highest BCUT2D eigenvalue weighted by Crippen LogP contribution is 2.79. The number of hydrogen-bond acceptors (Lipinski definition) is 1. The topological polar surface area (TPSA) is 26.0 Å². The Morgan fingerprint density at radius 1 is 1.60 bits per heavy atom. The van der Waals surface area contributed by atoms with Crippen molar-refractivity contribution in [1.29, 1.82) is 0 Å². The molecular formula is C9H15N. The van der Waals surface area contributed by atoms with Gasteiger partial charge in [0, 0.05) is 6.04 Å². The standard InChI is InChI=1S/C9H15N/c1-2-9-4-5-3-6(9)7(9)8(5)10/h5-8H,2-4,10H2,1H3/t5-,6-,7-,8-,9-/m1/s1. The lowest BCUT2D eigenvalue weighted by Gasteiger charge is -2.04. The van der Waals surface area contributed by atoms with E-state index in [9.17, 15) is 0 Å². The van der Waals surface area contributed by atoms with Gasteiger partial charge in [-0.1, -0.05) is 6.92 Å². The summed E-state index contributed by atoms with van der Waals surface area (Å²) in [5.41, 5.74) is 6.85. The van der Waals surface area contributed by atoms with Gasteiger partial charge >= 0.3 is 0 Å². The summed E-state index contributed by atoms with van der Waals surface area (Å²) < 4.78 is 0. The van der Waals surface area contributed by atoms with E-state index in [-0.39, 0.29) is 0 Å². The summed E-state index contributed by atoms with van der Waals surface area (Å²) in [6.07, 6.45) is 4.34. The first-order valence-corrected chi connectivity index (χ1v) is 4.55. The fraction of sp³-hybridized carbons (Fsp3) is 1.00. The smallest absolute Gasteiger partial charge is 0.0104 e. The maximum atomic E-state index is 6.07. The molecule has 2 N–H and O–H groups in total. The molecule has 5 atom stereocenters. The third kappa shape index (κ3) is 0.334. The van der Waals surface area contributed by atoms with Crippen LogP contribution in [0.3, 0.4) is 0 Å². The van der Waals surface area contributed by atoms with Crippen LogP contribution in [0.2, 0.25) is 0 Å². The Balaban J connectivity index is 2.01. The lowest BCUT2D eigenvalue weighted by atomic mass is 10.0. The van der Waals surface area contributed by atoms with Crippen molar-refractivity contribution in [3.63, 3.8) is 0 Å². The molecule has 0 radical (unpaired) electrons. The first-order valence-electron chi connectivity index (χ1n) is 4.55. The van der Waals surface area contributed by atoms with Crippen molar-refractivity contribution < 1.29 is 0 Å². The van der Waals surface area contributed by atoms with Crippen molar-refractivity contribution in [2.24, 2.45) is 28.9 Å². The molecule has 0 amide bonds. The van der Waals surface area contributed by atoms with E-state index in [1.807, 2.05) is 0 Å². The third-order valence-corrected chi connectivity index (χ3v) is 4.54. The van der Waals surface area contributed by atoms with E-state index in [0.29, 0.717) is 6.04 Å². The SMILES string of the molecule is CC[C@@]12C[C@H]3C[C@@H]1[C@@H]2[C@@H]3N. The quantitative estimate of drug-likeness (QED) is 0.580. The largest absolute Gasteiger partial charge is 0.327 e. The van der Waals surface area contributed by atoms with Crippen LogP contribution in [0, 0.1) is 23.2 Å². The van der Waals surface area contributed by atoms with Gasteiger partial charge in [0.15, 0.2) is 0 Å². The van der Waals surface area contributed by atoms with Crippen LogP contribution in [0.4, 0.5) is 0 Å². The minimum atomic E-state index is 0.602. The van der Waals surface area contributed by atoms with Gasteiger partial charge in [-0.2, -0.15) is 0 Å². The molecule has 4 saturated carbocycles. The molecule has 0 spiro atoms. The molecule has 56 valence electrons. The molecule has 4 rings (SSSR count). The molecule has 0 unspecified atom stereocenters.